The van der Waals surface area contributed by atoms with E-state index in [4.69, 9.17) is 4.74 Å². The van der Waals surface area contributed by atoms with Crippen LogP contribution >= 0.6 is 23.1 Å². The number of esters is 1. The molecule has 1 aliphatic heterocycles. The Labute approximate surface area is 235 Å². The highest BCUT2D eigenvalue weighted by atomic mass is 32.2. The SMILES string of the molecule is COC(=O)c1c(NC(=O)C(C)Sc2cccc(NC(=O)/C=C/c3ccccc3)c2)sc2c1CCN(C(C)=O)C2. The molecule has 0 saturated heterocycles. The second kappa shape index (κ2) is 12.8. The second-order valence-electron chi connectivity index (χ2n) is 8.90. The zero-order valence-electron chi connectivity index (χ0n) is 21.9. The van der Waals surface area contributed by atoms with Crippen LogP contribution in [0.4, 0.5) is 10.7 Å². The van der Waals surface area contributed by atoms with Crippen LogP contribution in [-0.4, -0.2) is 47.5 Å². The Morgan fingerprint density at radius 3 is 2.56 bits per heavy atom. The zero-order chi connectivity index (χ0) is 27.9. The minimum absolute atomic E-state index is 0.0325. The van der Waals surface area contributed by atoms with Crippen LogP contribution in [0.3, 0.4) is 0 Å². The molecular weight excluding hydrogens is 534 g/mol. The topological polar surface area (TPSA) is 105 Å². The molecule has 1 aliphatic rings. The first-order valence-electron chi connectivity index (χ1n) is 12.3. The molecule has 0 saturated carbocycles. The Balaban J connectivity index is 1.41. The summed E-state index contributed by atoms with van der Waals surface area (Å²) in [5.74, 6) is -1.07. The number of hydrogen-bond acceptors (Lipinski definition) is 7. The lowest BCUT2D eigenvalue weighted by atomic mass is 10.0. The van der Waals surface area contributed by atoms with Crippen LogP contribution in [0.2, 0.25) is 0 Å². The molecule has 2 heterocycles. The Kier molecular flexibility index (Phi) is 9.21. The standard InChI is InChI=1S/C29H29N3O5S2/c1-18(38-22-11-7-10-21(16-22)30-25(34)13-12-20-8-5-4-6-9-20)27(35)31-28-26(29(36)37-3)23-14-15-32(19(2)33)17-24(23)39-28/h4-13,16,18H,14-15,17H2,1-3H3,(H,30,34)(H,31,35)/b13-12+. The highest BCUT2D eigenvalue weighted by Gasteiger charge is 2.30. The molecule has 202 valence electrons. The Bertz CT molecular complexity index is 1420. The predicted molar refractivity (Wildman–Crippen MR) is 155 cm³/mol. The molecule has 4 rings (SSSR count). The van der Waals surface area contributed by atoms with Crippen molar-refractivity contribution in [2.24, 2.45) is 0 Å². The first kappa shape index (κ1) is 28.1. The van der Waals surface area contributed by atoms with Gasteiger partial charge in [0.05, 0.1) is 24.5 Å². The van der Waals surface area contributed by atoms with Gasteiger partial charge in [0.25, 0.3) is 0 Å². The Morgan fingerprint density at radius 2 is 1.85 bits per heavy atom. The summed E-state index contributed by atoms with van der Waals surface area (Å²) < 4.78 is 4.99. The maximum atomic E-state index is 13.1. The van der Waals surface area contributed by atoms with Gasteiger partial charge < -0.3 is 20.3 Å². The van der Waals surface area contributed by atoms with Crippen molar-refractivity contribution in [2.75, 3.05) is 24.3 Å². The molecule has 0 radical (unpaired) electrons. The third-order valence-corrected chi connectivity index (χ3v) is 8.36. The number of benzene rings is 2. The Hall–Kier alpha value is -3.89. The van der Waals surface area contributed by atoms with Gasteiger partial charge in [-0.2, -0.15) is 0 Å². The summed E-state index contributed by atoms with van der Waals surface area (Å²) >= 11 is 2.64. The van der Waals surface area contributed by atoms with Gasteiger partial charge in [-0.15, -0.1) is 23.1 Å². The fourth-order valence-corrected chi connectivity index (χ4v) is 6.30. The molecule has 1 unspecified atom stereocenters. The quantitative estimate of drug-likeness (QED) is 0.222. The number of amides is 3. The average Bonchev–Trinajstić information content (AvgIpc) is 3.29. The van der Waals surface area contributed by atoms with Crippen LogP contribution in [0.15, 0.2) is 65.6 Å². The molecule has 1 aromatic heterocycles. The third kappa shape index (κ3) is 7.15. The maximum absolute atomic E-state index is 13.1. The number of carbonyl (C=O) groups is 4. The van der Waals surface area contributed by atoms with Gasteiger partial charge >= 0.3 is 5.97 Å². The highest BCUT2D eigenvalue weighted by Crippen LogP contribution is 2.38. The van der Waals surface area contributed by atoms with Crippen molar-refractivity contribution in [3.05, 3.63) is 82.2 Å². The molecule has 0 aliphatic carbocycles. The number of nitrogens with one attached hydrogen (secondary N) is 2. The molecule has 1 atom stereocenters. The zero-order valence-corrected chi connectivity index (χ0v) is 23.5. The molecule has 8 nitrogen and oxygen atoms in total. The lowest BCUT2D eigenvalue weighted by Gasteiger charge is -2.25. The minimum Gasteiger partial charge on any atom is -0.465 e. The van der Waals surface area contributed by atoms with E-state index in [1.54, 1.807) is 24.0 Å². The number of nitrogens with zero attached hydrogens (tertiary/aromatic N) is 1. The number of ether oxygens (including phenoxy) is 1. The highest BCUT2D eigenvalue weighted by molar-refractivity contribution is 8.00. The summed E-state index contributed by atoms with van der Waals surface area (Å²) in [4.78, 5) is 53.3. The fourth-order valence-electron chi connectivity index (χ4n) is 4.12. The van der Waals surface area contributed by atoms with Crippen LogP contribution in [0.5, 0.6) is 0 Å². The normalized spacial score (nSPS) is 13.5. The van der Waals surface area contributed by atoms with Crippen molar-refractivity contribution in [3.8, 4) is 0 Å². The molecule has 39 heavy (non-hydrogen) atoms. The monoisotopic (exact) mass is 563 g/mol. The molecule has 10 heteroatoms. The number of carbonyl (C=O) groups excluding carboxylic acids is 4. The summed E-state index contributed by atoms with van der Waals surface area (Å²) in [6.07, 6.45) is 3.73. The first-order valence-corrected chi connectivity index (χ1v) is 14.0. The van der Waals surface area contributed by atoms with E-state index in [1.807, 2.05) is 48.5 Å². The summed E-state index contributed by atoms with van der Waals surface area (Å²) in [7, 11) is 1.31. The van der Waals surface area contributed by atoms with E-state index in [9.17, 15) is 19.2 Å². The summed E-state index contributed by atoms with van der Waals surface area (Å²) in [5, 5.41) is 5.68. The molecular formula is C29H29N3O5S2. The number of anilines is 2. The minimum atomic E-state index is -0.510. The van der Waals surface area contributed by atoms with Crippen molar-refractivity contribution in [1.82, 2.24) is 4.90 Å². The summed E-state index contributed by atoms with van der Waals surface area (Å²) in [6, 6.07) is 16.8. The number of methoxy groups -OCH3 is 1. The van der Waals surface area contributed by atoms with E-state index in [-0.39, 0.29) is 17.7 Å². The van der Waals surface area contributed by atoms with E-state index in [0.717, 1.165) is 20.9 Å². The van der Waals surface area contributed by atoms with Crippen LogP contribution in [0.1, 0.15) is 40.2 Å². The molecule has 0 fully saturated rings. The van der Waals surface area contributed by atoms with E-state index < -0.39 is 11.2 Å². The summed E-state index contributed by atoms with van der Waals surface area (Å²) in [5.41, 5.74) is 2.73. The second-order valence-corrected chi connectivity index (χ2v) is 11.4. The number of hydrogen-bond donors (Lipinski definition) is 2. The molecule has 3 amide bonds. The van der Waals surface area contributed by atoms with Crippen LogP contribution in [0, 0.1) is 0 Å². The fraction of sp³-hybridized carbons (Fsp3) is 0.241. The smallest absolute Gasteiger partial charge is 0.341 e. The van der Waals surface area contributed by atoms with E-state index in [2.05, 4.69) is 10.6 Å². The van der Waals surface area contributed by atoms with Crippen molar-refractivity contribution in [3.63, 3.8) is 0 Å². The van der Waals surface area contributed by atoms with Crippen LogP contribution in [-0.2, 0) is 32.1 Å². The van der Waals surface area contributed by atoms with Gasteiger partial charge in [0.15, 0.2) is 0 Å². The Morgan fingerprint density at radius 1 is 1.08 bits per heavy atom. The van der Waals surface area contributed by atoms with Gasteiger partial charge in [-0.25, -0.2) is 4.79 Å². The maximum Gasteiger partial charge on any atom is 0.341 e. The molecule has 0 spiro atoms. The van der Waals surface area contributed by atoms with Crippen molar-refractivity contribution < 1.29 is 23.9 Å². The van der Waals surface area contributed by atoms with E-state index in [1.165, 1.54) is 43.2 Å². The van der Waals surface area contributed by atoms with Gasteiger partial charge in [0.1, 0.15) is 5.00 Å². The first-order chi connectivity index (χ1) is 18.7. The van der Waals surface area contributed by atoms with Crippen LogP contribution < -0.4 is 10.6 Å². The molecule has 0 bridgehead atoms. The number of fused-ring (bicyclic) bond motifs is 1. The number of thiophene rings is 1. The molecule has 2 aromatic carbocycles. The molecule has 2 N–H and O–H groups in total. The lowest BCUT2D eigenvalue weighted by molar-refractivity contribution is -0.129. The summed E-state index contributed by atoms with van der Waals surface area (Å²) in [6.45, 7) is 4.20. The van der Waals surface area contributed by atoms with Crippen molar-refractivity contribution >= 4 is 63.6 Å². The van der Waals surface area contributed by atoms with Gasteiger partial charge in [0, 0.05) is 35.0 Å². The number of thioether (sulfide) groups is 1. The van der Waals surface area contributed by atoms with E-state index >= 15 is 0 Å². The van der Waals surface area contributed by atoms with Gasteiger partial charge in [-0.3, -0.25) is 14.4 Å². The molecule has 3 aromatic rings. The largest absolute Gasteiger partial charge is 0.465 e. The van der Waals surface area contributed by atoms with E-state index in [0.29, 0.717) is 35.8 Å². The van der Waals surface area contributed by atoms with Crippen LogP contribution in [0.25, 0.3) is 6.08 Å². The van der Waals surface area contributed by atoms with Gasteiger partial charge in [-0.1, -0.05) is 36.4 Å². The average molecular weight is 564 g/mol. The van der Waals surface area contributed by atoms with Crippen molar-refractivity contribution in [2.45, 2.75) is 37.0 Å². The number of rotatable bonds is 8. The predicted octanol–water partition coefficient (Wildman–Crippen LogP) is 5.21. The van der Waals surface area contributed by atoms with Crippen molar-refractivity contribution in [1.29, 1.82) is 0 Å². The van der Waals surface area contributed by atoms with Gasteiger partial charge in [-0.05, 0) is 48.7 Å². The third-order valence-electron chi connectivity index (χ3n) is 6.14. The van der Waals surface area contributed by atoms with Gasteiger partial charge in [0.2, 0.25) is 17.7 Å². The lowest BCUT2D eigenvalue weighted by Crippen LogP contribution is -2.33.